The third kappa shape index (κ3) is 16.5. The second-order valence-corrected chi connectivity index (χ2v) is 14.8. The fourth-order valence-electron chi connectivity index (χ4n) is 4.33. The van der Waals surface area contributed by atoms with Crippen molar-refractivity contribution in [2.75, 3.05) is 12.3 Å². The predicted molar refractivity (Wildman–Crippen MR) is 177 cm³/mol. The van der Waals surface area contributed by atoms with Gasteiger partial charge in [0.1, 0.15) is 12.6 Å². The van der Waals surface area contributed by atoms with Gasteiger partial charge in [0.05, 0.1) is 17.2 Å². The Bertz CT molecular complexity index is 1290. The second-order valence-electron chi connectivity index (χ2n) is 12.8. The van der Waals surface area contributed by atoms with Crippen LogP contribution < -0.4 is 21.7 Å². The Morgan fingerprint density at radius 2 is 1.57 bits per heavy atom. The molecule has 0 aliphatic rings. The van der Waals surface area contributed by atoms with E-state index in [0.717, 1.165) is 16.5 Å². The number of ketones is 1. The van der Waals surface area contributed by atoms with Crippen molar-refractivity contribution in [2.24, 2.45) is 17.1 Å². The minimum Gasteiger partial charge on any atom is -0.460 e. The Hall–Kier alpha value is -3.74. The number of sulfone groups is 1. The maximum Gasteiger partial charge on any atom is 0.312 e. The number of urea groups is 1. The number of amides is 4. The van der Waals surface area contributed by atoms with Crippen molar-refractivity contribution in [1.82, 2.24) is 16.0 Å². The van der Waals surface area contributed by atoms with Crippen LogP contribution >= 0.6 is 0 Å². The molecule has 0 spiro atoms. The summed E-state index contributed by atoms with van der Waals surface area (Å²) in [5.74, 6) is -1.65. The smallest absolute Gasteiger partial charge is 0.312 e. The summed E-state index contributed by atoms with van der Waals surface area (Å²) in [6, 6.07) is 4.76. The van der Waals surface area contributed by atoms with Crippen molar-refractivity contribution in [3.05, 3.63) is 47.4 Å². The topological polar surface area (TPSA) is 191 Å². The van der Waals surface area contributed by atoms with E-state index in [0.29, 0.717) is 45.1 Å². The molecular formula is C33H52N4O8S. The normalized spacial score (nSPS) is 12.9. The van der Waals surface area contributed by atoms with Gasteiger partial charge in [-0.3, -0.25) is 19.2 Å². The van der Waals surface area contributed by atoms with Crippen LogP contribution in [0.5, 0.6) is 0 Å². The van der Waals surface area contributed by atoms with Gasteiger partial charge in [-0.25, -0.2) is 13.2 Å². The molecule has 0 aliphatic heterocycles. The van der Waals surface area contributed by atoms with E-state index in [2.05, 4.69) is 22.5 Å². The molecule has 258 valence electrons. The van der Waals surface area contributed by atoms with E-state index in [-0.39, 0.29) is 48.8 Å². The van der Waals surface area contributed by atoms with Crippen LogP contribution in [0.2, 0.25) is 0 Å². The zero-order valence-electron chi connectivity index (χ0n) is 27.9. The van der Waals surface area contributed by atoms with E-state index < -0.39 is 39.3 Å². The highest BCUT2D eigenvalue weighted by Gasteiger charge is 2.29. The number of hydrogen-bond acceptors (Lipinski definition) is 8. The second kappa shape index (κ2) is 19.7. The number of hydrogen-bond donors (Lipinski definition) is 4. The van der Waals surface area contributed by atoms with Crippen molar-refractivity contribution < 1.29 is 37.1 Å². The van der Waals surface area contributed by atoms with Crippen LogP contribution in [0.3, 0.4) is 0 Å². The zero-order valence-corrected chi connectivity index (χ0v) is 28.7. The van der Waals surface area contributed by atoms with Crippen LogP contribution in [-0.4, -0.2) is 62.4 Å². The molecule has 4 amide bonds. The molecule has 0 saturated carbocycles. The van der Waals surface area contributed by atoms with Gasteiger partial charge in [0, 0.05) is 24.8 Å². The Labute approximate surface area is 273 Å². The van der Waals surface area contributed by atoms with Crippen LogP contribution in [0.1, 0.15) is 90.7 Å². The standard InChI is InChI=1S/C33H52N4O8S/c1-7-46(43,44)20-12-8-9-14-28(39)37-29(23(2)3)30(40)36-26(13-10-11-19-35-32(34)42)27(38)21-24-15-17-25(18-16-24)22-45-31(41)33(4,5)6/h7,15-18,23,26,29H,1,8-14,19-22H2,2-6H3,(H,36,40)(H,37,39)(H3,34,35,42)/t26-,29-/m1/s1. The van der Waals surface area contributed by atoms with Crippen molar-refractivity contribution in [3.63, 3.8) is 0 Å². The summed E-state index contributed by atoms with van der Waals surface area (Å²) in [5, 5.41) is 9.02. The van der Waals surface area contributed by atoms with Gasteiger partial charge in [0.15, 0.2) is 15.6 Å². The molecule has 1 aromatic rings. The third-order valence-electron chi connectivity index (χ3n) is 7.16. The highest BCUT2D eigenvalue weighted by atomic mass is 32.2. The summed E-state index contributed by atoms with van der Waals surface area (Å²) in [4.78, 5) is 62.5. The summed E-state index contributed by atoms with van der Waals surface area (Å²) >= 11 is 0. The quantitative estimate of drug-likeness (QED) is 0.113. The van der Waals surface area contributed by atoms with E-state index in [1.807, 2.05) is 0 Å². The lowest BCUT2D eigenvalue weighted by atomic mass is 9.96. The average molecular weight is 665 g/mol. The van der Waals surface area contributed by atoms with Gasteiger partial charge in [-0.2, -0.15) is 0 Å². The number of carbonyl (C=O) groups excluding carboxylic acids is 5. The summed E-state index contributed by atoms with van der Waals surface area (Å²) < 4.78 is 28.4. The molecule has 0 heterocycles. The van der Waals surface area contributed by atoms with E-state index in [1.165, 1.54) is 0 Å². The number of carbonyl (C=O) groups is 5. The molecule has 0 bridgehead atoms. The maximum atomic E-state index is 13.4. The Balaban J connectivity index is 2.86. The van der Waals surface area contributed by atoms with Crippen LogP contribution in [0.4, 0.5) is 4.79 Å². The summed E-state index contributed by atoms with van der Waals surface area (Å²) in [7, 11) is -3.28. The van der Waals surface area contributed by atoms with Crippen molar-refractivity contribution in [2.45, 2.75) is 105 Å². The van der Waals surface area contributed by atoms with Crippen molar-refractivity contribution >= 4 is 39.4 Å². The maximum absolute atomic E-state index is 13.4. The molecule has 12 nitrogen and oxygen atoms in total. The molecule has 0 saturated heterocycles. The van der Waals surface area contributed by atoms with Gasteiger partial charge < -0.3 is 26.4 Å². The van der Waals surface area contributed by atoms with Crippen LogP contribution in [-0.2, 0) is 46.8 Å². The number of ether oxygens (including phenoxy) is 1. The molecule has 46 heavy (non-hydrogen) atoms. The third-order valence-corrected chi connectivity index (χ3v) is 8.53. The number of unbranched alkanes of at least 4 members (excludes halogenated alkanes) is 3. The molecule has 0 aliphatic carbocycles. The first-order valence-corrected chi connectivity index (χ1v) is 17.4. The Kier molecular flexibility index (Phi) is 17.3. The Morgan fingerprint density at radius 3 is 2.13 bits per heavy atom. The average Bonchev–Trinajstić information content (AvgIpc) is 2.97. The van der Waals surface area contributed by atoms with Crippen LogP contribution in [0, 0.1) is 11.3 Å². The molecule has 1 aromatic carbocycles. The molecular weight excluding hydrogens is 612 g/mol. The SMILES string of the molecule is C=CS(=O)(=O)CCCCCC(=O)N[C@@H](C(=O)N[C@H](CCCCNC(N)=O)C(=O)Cc1ccc(COC(=O)C(C)(C)C)cc1)C(C)C. The van der Waals surface area contributed by atoms with Crippen LogP contribution in [0.15, 0.2) is 36.3 Å². The van der Waals surface area contributed by atoms with Crippen molar-refractivity contribution in [1.29, 1.82) is 0 Å². The van der Waals surface area contributed by atoms with Gasteiger partial charge in [-0.05, 0) is 69.9 Å². The molecule has 0 radical (unpaired) electrons. The number of nitrogens with two attached hydrogens (primary N) is 1. The first kappa shape index (κ1) is 40.3. The highest BCUT2D eigenvalue weighted by Crippen LogP contribution is 2.17. The summed E-state index contributed by atoms with van der Waals surface area (Å²) in [6.45, 7) is 12.6. The van der Waals surface area contributed by atoms with Gasteiger partial charge in [0.25, 0.3) is 0 Å². The fraction of sp³-hybridized carbons (Fsp3) is 0.606. The minimum atomic E-state index is -3.28. The molecule has 1 rings (SSSR count). The van der Waals surface area contributed by atoms with Gasteiger partial charge in [-0.1, -0.05) is 51.1 Å². The van der Waals surface area contributed by atoms with Gasteiger partial charge in [-0.15, -0.1) is 0 Å². The monoisotopic (exact) mass is 664 g/mol. The summed E-state index contributed by atoms with van der Waals surface area (Å²) in [6.07, 6.45) is 2.96. The number of esters is 1. The molecule has 0 unspecified atom stereocenters. The number of rotatable bonds is 21. The first-order valence-electron chi connectivity index (χ1n) is 15.7. The van der Waals surface area contributed by atoms with Gasteiger partial charge >= 0.3 is 12.0 Å². The molecule has 0 aromatic heterocycles. The van der Waals surface area contributed by atoms with E-state index in [9.17, 15) is 32.4 Å². The lowest BCUT2D eigenvalue weighted by Crippen LogP contribution is -2.53. The predicted octanol–water partition coefficient (Wildman–Crippen LogP) is 3.47. The lowest BCUT2D eigenvalue weighted by Gasteiger charge is -2.25. The molecule has 0 fully saturated rings. The van der Waals surface area contributed by atoms with Crippen LogP contribution in [0.25, 0.3) is 0 Å². The summed E-state index contributed by atoms with van der Waals surface area (Å²) in [5.41, 5.74) is 6.00. The van der Waals surface area contributed by atoms with Crippen molar-refractivity contribution in [3.8, 4) is 0 Å². The largest absolute Gasteiger partial charge is 0.460 e. The molecule has 5 N–H and O–H groups in total. The number of primary amides is 1. The number of benzene rings is 1. The van der Waals surface area contributed by atoms with E-state index >= 15 is 0 Å². The highest BCUT2D eigenvalue weighted by molar-refractivity contribution is 7.94. The molecule has 13 heteroatoms. The van der Waals surface area contributed by atoms with E-state index in [4.69, 9.17) is 10.5 Å². The lowest BCUT2D eigenvalue weighted by molar-refractivity contribution is -0.154. The number of nitrogens with one attached hydrogen (secondary N) is 3. The first-order chi connectivity index (χ1) is 21.4. The van der Waals surface area contributed by atoms with E-state index in [1.54, 1.807) is 58.9 Å². The molecule has 2 atom stereocenters. The fourth-order valence-corrected chi connectivity index (χ4v) is 5.11. The minimum absolute atomic E-state index is 0.0276. The van der Waals surface area contributed by atoms with Gasteiger partial charge in [0.2, 0.25) is 11.8 Å². The zero-order chi connectivity index (χ0) is 34.9. The Morgan fingerprint density at radius 1 is 0.935 bits per heavy atom. The number of Topliss-reactive ketones (excluding diaryl/α,β-unsaturated/α-hetero) is 1.